The first-order chi connectivity index (χ1) is 10.1. The third-order valence-corrected chi connectivity index (χ3v) is 4.84. The van der Waals surface area contributed by atoms with Crippen molar-refractivity contribution >= 4 is 28.3 Å². The Hall–Kier alpha value is -2.36. The van der Waals surface area contributed by atoms with Crippen molar-refractivity contribution in [3.63, 3.8) is 0 Å². The average molecular weight is 280 g/mol. The highest BCUT2D eigenvalue weighted by Crippen LogP contribution is 2.52. The van der Waals surface area contributed by atoms with Gasteiger partial charge < -0.3 is 10.6 Å². The number of carbonyl (C=O) groups is 2. The van der Waals surface area contributed by atoms with Gasteiger partial charge in [-0.3, -0.25) is 9.59 Å². The van der Waals surface area contributed by atoms with Crippen LogP contribution in [-0.2, 0) is 10.2 Å². The second-order valence-corrected chi connectivity index (χ2v) is 5.86. The molecule has 4 heteroatoms. The molecule has 2 amide bonds. The van der Waals surface area contributed by atoms with Crippen molar-refractivity contribution in [1.82, 2.24) is 0 Å². The van der Waals surface area contributed by atoms with Gasteiger partial charge in [0.1, 0.15) is 0 Å². The van der Waals surface area contributed by atoms with Crippen molar-refractivity contribution < 1.29 is 9.59 Å². The SMILES string of the molecule is CCN1C(=O)c2cccc3c(C4(C(N)=O)CC4)ccc1c23. The van der Waals surface area contributed by atoms with Gasteiger partial charge in [0.25, 0.3) is 5.91 Å². The summed E-state index contributed by atoms with van der Waals surface area (Å²) in [5, 5.41) is 1.96. The van der Waals surface area contributed by atoms with Crippen molar-refractivity contribution in [3.05, 3.63) is 41.5 Å². The number of rotatable bonds is 3. The molecule has 0 bridgehead atoms. The highest BCUT2D eigenvalue weighted by Gasteiger charge is 2.51. The zero-order valence-corrected chi connectivity index (χ0v) is 11.8. The summed E-state index contributed by atoms with van der Waals surface area (Å²) < 4.78 is 0. The molecule has 0 saturated heterocycles. The first kappa shape index (κ1) is 12.4. The lowest BCUT2D eigenvalue weighted by Gasteiger charge is -2.18. The van der Waals surface area contributed by atoms with Gasteiger partial charge >= 0.3 is 0 Å². The van der Waals surface area contributed by atoms with E-state index in [1.807, 2.05) is 37.3 Å². The Balaban J connectivity index is 2.06. The molecule has 0 spiro atoms. The first-order valence-corrected chi connectivity index (χ1v) is 7.28. The van der Waals surface area contributed by atoms with Crippen LogP contribution in [0.2, 0.25) is 0 Å². The van der Waals surface area contributed by atoms with Gasteiger partial charge in [-0.15, -0.1) is 0 Å². The van der Waals surface area contributed by atoms with Gasteiger partial charge in [-0.25, -0.2) is 0 Å². The van der Waals surface area contributed by atoms with E-state index >= 15 is 0 Å². The molecule has 2 aromatic carbocycles. The summed E-state index contributed by atoms with van der Waals surface area (Å²) >= 11 is 0. The second kappa shape index (κ2) is 3.85. The third kappa shape index (κ3) is 1.39. The van der Waals surface area contributed by atoms with Gasteiger partial charge in [-0.2, -0.15) is 0 Å². The van der Waals surface area contributed by atoms with Gasteiger partial charge in [0, 0.05) is 17.5 Å². The van der Waals surface area contributed by atoms with E-state index in [2.05, 4.69) is 0 Å². The number of benzene rings is 2. The van der Waals surface area contributed by atoms with Gasteiger partial charge in [-0.1, -0.05) is 18.2 Å². The molecular formula is C17H16N2O2. The van der Waals surface area contributed by atoms with Crippen LogP contribution in [0.4, 0.5) is 5.69 Å². The molecule has 1 fully saturated rings. The third-order valence-electron chi connectivity index (χ3n) is 4.84. The molecule has 1 aliphatic carbocycles. The minimum atomic E-state index is -0.528. The van der Waals surface area contributed by atoms with Gasteiger partial charge in [0.2, 0.25) is 5.91 Å². The molecule has 21 heavy (non-hydrogen) atoms. The molecule has 0 radical (unpaired) electrons. The van der Waals surface area contributed by atoms with E-state index < -0.39 is 5.41 Å². The lowest BCUT2D eigenvalue weighted by molar-refractivity contribution is -0.120. The van der Waals surface area contributed by atoms with Crippen LogP contribution in [0.3, 0.4) is 0 Å². The summed E-state index contributed by atoms with van der Waals surface area (Å²) in [5.74, 6) is -0.223. The van der Waals surface area contributed by atoms with Crippen LogP contribution in [0, 0.1) is 0 Å². The van der Waals surface area contributed by atoms with Crippen LogP contribution in [-0.4, -0.2) is 18.4 Å². The van der Waals surface area contributed by atoms with Crippen LogP contribution >= 0.6 is 0 Å². The van der Waals surface area contributed by atoms with E-state index in [0.717, 1.165) is 40.4 Å². The van der Waals surface area contributed by atoms with Gasteiger partial charge in [0.15, 0.2) is 0 Å². The van der Waals surface area contributed by atoms with Gasteiger partial charge in [-0.05, 0) is 42.8 Å². The predicted octanol–water partition coefficient (Wildman–Crippen LogP) is 2.34. The van der Waals surface area contributed by atoms with Crippen LogP contribution in [0.15, 0.2) is 30.3 Å². The lowest BCUT2D eigenvalue weighted by atomic mass is 9.89. The fourth-order valence-corrected chi connectivity index (χ4v) is 3.55. The maximum absolute atomic E-state index is 12.5. The summed E-state index contributed by atoms with van der Waals surface area (Å²) in [4.78, 5) is 26.1. The van der Waals surface area contributed by atoms with Crippen LogP contribution in [0.25, 0.3) is 10.8 Å². The minimum absolute atomic E-state index is 0.0409. The number of anilines is 1. The molecule has 2 N–H and O–H groups in total. The molecule has 0 aromatic heterocycles. The highest BCUT2D eigenvalue weighted by atomic mass is 16.2. The largest absolute Gasteiger partial charge is 0.369 e. The molecular weight excluding hydrogens is 264 g/mol. The Morgan fingerprint density at radius 3 is 2.67 bits per heavy atom. The second-order valence-electron chi connectivity index (χ2n) is 5.86. The number of nitrogens with two attached hydrogens (primary N) is 1. The lowest BCUT2D eigenvalue weighted by Crippen LogP contribution is -2.28. The Kier molecular flexibility index (Phi) is 2.27. The molecule has 1 aliphatic heterocycles. The van der Waals surface area contributed by atoms with Crippen LogP contribution in [0.5, 0.6) is 0 Å². The summed E-state index contributed by atoms with van der Waals surface area (Å²) in [6, 6.07) is 9.67. The summed E-state index contributed by atoms with van der Waals surface area (Å²) in [6.07, 6.45) is 1.60. The Labute approximate surface area is 122 Å². The van der Waals surface area contributed by atoms with E-state index in [0.29, 0.717) is 6.54 Å². The van der Waals surface area contributed by atoms with Crippen LogP contribution in [0.1, 0.15) is 35.7 Å². The summed E-state index contributed by atoms with van der Waals surface area (Å²) in [5.41, 5.74) is 7.73. The average Bonchev–Trinajstić information content (AvgIpc) is 3.24. The van der Waals surface area contributed by atoms with E-state index in [4.69, 9.17) is 5.73 Å². The number of hydrogen-bond donors (Lipinski definition) is 1. The van der Waals surface area contributed by atoms with Crippen molar-refractivity contribution in [3.8, 4) is 0 Å². The van der Waals surface area contributed by atoms with Crippen molar-refractivity contribution in [2.75, 3.05) is 11.4 Å². The molecule has 4 rings (SSSR count). The first-order valence-electron chi connectivity index (χ1n) is 7.28. The zero-order valence-electron chi connectivity index (χ0n) is 11.8. The van der Waals surface area contributed by atoms with Crippen molar-refractivity contribution in [1.29, 1.82) is 0 Å². The normalized spacial score (nSPS) is 18.3. The molecule has 1 saturated carbocycles. The quantitative estimate of drug-likeness (QED) is 0.938. The summed E-state index contributed by atoms with van der Waals surface area (Å²) in [6.45, 7) is 2.61. The number of carbonyl (C=O) groups excluding carboxylic acids is 2. The van der Waals surface area contributed by atoms with E-state index in [9.17, 15) is 9.59 Å². The summed E-state index contributed by atoms with van der Waals surface area (Å²) in [7, 11) is 0. The molecule has 2 aliphatic rings. The fourth-order valence-electron chi connectivity index (χ4n) is 3.55. The maximum atomic E-state index is 12.5. The zero-order chi connectivity index (χ0) is 14.8. The Morgan fingerprint density at radius 1 is 1.29 bits per heavy atom. The smallest absolute Gasteiger partial charge is 0.258 e. The number of nitrogens with zero attached hydrogens (tertiary/aromatic N) is 1. The Morgan fingerprint density at radius 2 is 2.05 bits per heavy atom. The molecule has 4 nitrogen and oxygen atoms in total. The van der Waals surface area contributed by atoms with Crippen LogP contribution < -0.4 is 10.6 Å². The topological polar surface area (TPSA) is 63.4 Å². The highest BCUT2D eigenvalue weighted by molar-refractivity contribution is 6.25. The number of primary amides is 1. The molecule has 0 unspecified atom stereocenters. The predicted molar refractivity (Wildman–Crippen MR) is 81.4 cm³/mol. The van der Waals surface area contributed by atoms with Gasteiger partial charge in [0.05, 0.1) is 11.1 Å². The van der Waals surface area contributed by atoms with E-state index in [-0.39, 0.29) is 11.8 Å². The Bertz CT molecular complexity index is 806. The maximum Gasteiger partial charge on any atom is 0.258 e. The number of hydrogen-bond acceptors (Lipinski definition) is 2. The fraction of sp³-hybridized carbons (Fsp3) is 0.294. The van der Waals surface area contributed by atoms with Crippen molar-refractivity contribution in [2.45, 2.75) is 25.2 Å². The molecule has 2 aromatic rings. The molecule has 1 heterocycles. The molecule has 106 valence electrons. The number of amides is 2. The monoisotopic (exact) mass is 280 g/mol. The standard InChI is InChI=1S/C17H16N2O2/c1-2-19-13-7-6-12(17(8-9-17)16(18)21)10-4-3-5-11(14(10)13)15(19)20/h3-7H,2,8-9H2,1H3,(H2,18,21). The van der Waals surface area contributed by atoms with Crippen molar-refractivity contribution in [2.24, 2.45) is 5.73 Å². The molecule has 0 atom stereocenters. The minimum Gasteiger partial charge on any atom is -0.369 e. The van der Waals surface area contributed by atoms with E-state index in [1.165, 1.54) is 0 Å². The van der Waals surface area contributed by atoms with E-state index in [1.54, 1.807) is 4.90 Å².